The Bertz CT molecular complexity index is 291. The van der Waals surface area contributed by atoms with Gasteiger partial charge in [-0.3, -0.25) is 0 Å². The van der Waals surface area contributed by atoms with Crippen LogP contribution in [0.3, 0.4) is 0 Å². The van der Waals surface area contributed by atoms with E-state index in [0.29, 0.717) is 6.54 Å². The highest BCUT2D eigenvalue weighted by Gasteiger charge is 2.00. The summed E-state index contributed by atoms with van der Waals surface area (Å²) in [4.78, 5) is 0. The van der Waals surface area contributed by atoms with Gasteiger partial charge in [0.2, 0.25) is 0 Å². The SMILES string of the molecule is NCCNCCc1ccc(F)c(Cl)c1. The molecule has 0 fully saturated rings. The van der Waals surface area contributed by atoms with Gasteiger partial charge in [0.25, 0.3) is 0 Å². The quantitative estimate of drug-likeness (QED) is 0.734. The summed E-state index contributed by atoms with van der Waals surface area (Å²) in [6, 6.07) is 4.78. The van der Waals surface area contributed by atoms with Gasteiger partial charge < -0.3 is 11.1 Å². The van der Waals surface area contributed by atoms with Gasteiger partial charge in [-0.1, -0.05) is 17.7 Å². The lowest BCUT2D eigenvalue weighted by molar-refractivity contribution is 0.626. The topological polar surface area (TPSA) is 38.0 Å². The summed E-state index contributed by atoms with van der Waals surface area (Å²) in [6.45, 7) is 2.26. The molecule has 0 spiro atoms. The lowest BCUT2D eigenvalue weighted by Gasteiger charge is -2.03. The number of nitrogens with one attached hydrogen (secondary N) is 1. The van der Waals surface area contributed by atoms with E-state index >= 15 is 0 Å². The summed E-state index contributed by atoms with van der Waals surface area (Å²) in [5.41, 5.74) is 6.35. The number of halogens is 2. The second kappa shape index (κ2) is 5.96. The zero-order valence-corrected chi connectivity index (χ0v) is 8.65. The fourth-order valence-corrected chi connectivity index (χ4v) is 1.36. The van der Waals surface area contributed by atoms with Crippen LogP contribution >= 0.6 is 11.6 Å². The fourth-order valence-electron chi connectivity index (χ4n) is 1.15. The van der Waals surface area contributed by atoms with Crippen LogP contribution in [0.5, 0.6) is 0 Å². The van der Waals surface area contributed by atoms with E-state index in [2.05, 4.69) is 5.32 Å². The molecule has 0 amide bonds. The van der Waals surface area contributed by atoms with Crippen molar-refractivity contribution in [3.8, 4) is 0 Å². The minimum atomic E-state index is -0.370. The maximum absolute atomic E-state index is 12.8. The van der Waals surface area contributed by atoms with E-state index in [9.17, 15) is 4.39 Å². The molecule has 78 valence electrons. The van der Waals surface area contributed by atoms with Crippen LogP contribution in [0, 0.1) is 5.82 Å². The maximum atomic E-state index is 12.8. The second-order valence-electron chi connectivity index (χ2n) is 3.04. The molecular formula is C10H14ClFN2. The molecule has 0 heterocycles. The van der Waals surface area contributed by atoms with Gasteiger partial charge in [-0.25, -0.2) is 4.39 Å². The highest BCUT2D eigenvalue weighted by Crippen LogP contribution is 2.15. The predicted octanol–water partition coefficient (Wildman–Crippen LogP) is 1.57. The largest absolute Gasteiger partial charge is 0.329 e. The smallest absolute Gasteiger partial charge is 0.141 e. The Morgan fingerprint density at radius 1 is 1.36 bits per heavy atom. The molecule has 0 bridgehead atoms. The fraction of sp³-hybridized carbons (Fsp3) is 0.400. The minimum absolute atomic E-state index is 0.182. The lowest BCUT2D eigenvalue weighted by atomic mass is 10.1. The maximum Gasteiger partial charge on any atom is 0.141 e. The van der Waals surface area contributed by atoms with Crippen LogP contribution in [-0.2, 0) is 6.42 Å². The van der Waals surface area contributed by atoms with E-state index in [1.54, 1.807) is 12.1 Å². The molecule has 14 heavy (non-hydrogen) atoms. The molecule has 1 aromatic carbocycles. The van der Waals surface area contributed by atoms with Crippen molar-refractivity contribution in [3.05, 3.63) is 34.6 Å². The Kier molecular flexibility index (Phi) is 4.87. The average Bonchev–Trinajstić information content (AvgIpc) is 2.18. The lowest BCUT2D eigenvalue weighted by Crippen LogP contribution is -2.24. The van der Waals surface area contributed by atoms with Crippen molar-refractivity contribution in [2.45, 2.75) is 6.42 Å². The van der Waals surface area contributed by atoms with Gasteiger partial charge in [0, 0.05) is 13.1 Å². The van der Waals surface area contributed by atoms with Gasteiger partial charge in [-0.2, -0.15) is 0 Å². The van der Waals surface area contributed by atoms with Crippen LogP contribution in [-0.4, -0.2) is 19.6 Å². The molecule has 0 aromatic heterocycles. The molecule has 0 aliphatic carbocycles. The van der Waals surface area contributed by atoms with Crippen LogP contribution in [0.25, 0.3) is 0 Å². The van der Waals surface area contributed by atoms with Gasteiger partial charge in [-0.05, 0) is 30.7 Å². The third-order valence-corrected chi connectivity index (χ3v) is 2.19. The molecule has 0 aliphatic heterocycles. The van der Waals surface area contributed by atoms with Crippen LogP contribution in [0.15, 0.2) is 18.2 Å². The van der Waals surface area contributed by atoms with E-state index in [4.69, 9.17) is 17.3 Å². The second-order valence-corrected chi connectivity index (χ2v) is 3.44. The summed E-state index contributed by atoms with van der Waals surface area (Å²) >= 11 is 5.64. The van der Waals surface area contributed by atoms with Crippen LogP contribution < -0.4 is 11.1 Å². The summed E-state index contributed by atoms with van der Waals surface area (Å²) in [6.07, 6.45) is 0.833. The Morgan fingerprint density at radius 2 is 2.14 bits per heavy atom. The average molecular weight is 217 g/mol. The van der Waals surface area contributed by atoms with Crippen molar-refractivity contribution in [2.75, 3.05) is 19.6 Å². The molecule has 3 N–H and O–H groups in total. The zero-order valence-electron chi connectivity index (χ0n) is 7.89. The Labute approximate surface area is 88.2 Å². The van der Waals surface area contributed by atoms with Crippen LogP contribution in [0.1, 0.15) is 5.56 Å². The summed E-state index contributed by atoms with van der Waals surface area (Å²) < 4.78 is 12.8. The Balaban J connectivity index is 2.39. The molecule has 0 atom stereocenters. The number of rotatable bonds is 5. The van der Waals surface area contributed by atoms with Crippen molar-refractivity contribution < 1.29 is 4.39 Å². The molecule has 1 aromatic rings. The molecule has 4 heteroatoms. The monoisotopic (exact) mass is 216 g/mol. The number of hydrogen-bond donors (Lipinski definition) is 2. The minimum Gasteiger partial charge on any atom is -0.329 e. The first-order chi connectivity index (χ1) is 6.74. The molecule has 0 radical (unpaired) electrons. The number of nitrogens with two attached hydrogens (primary N) is 1. The van der Waals surface area contributed by atoms with Crippen molar-refractivity contribution in [1.29, 1.82) is 0 Å². The standard InChI is InChI=1S/C10H14ClFN2/c11-9-7-8(1-2-10(9)12)3-5-14-6-4-13/h1-2,7,14H,3-6,13H2. The highest BCUT2D eigenvalue weighted by atomic mass is 35.5. The van der Waals surface area contributed by atoms with Gasteiger partial charge in [0.05, 0.1) is 5.02 Å². The van der Waals surface area contributed by atoms with Crippen molar-refractivity contribution in [3.63, 3.8) is 0 Å². The van der Waals surface area contributed by atoms with E-state index in [1.807, 2.05) is 0 Å². The molecule has 1 rings (SSSR count). The molecule has 0 saturated heterocycles. The first-order valence-electron chi connectivity index (χ1n) is 4.58. The molecule has 0 aliphatic rings. The van der Waals surface area contributed by atoms with Gasteiger partial charge >= 0.3 is 0 Å². The Hall–Kier alpha value is -0.640. The summed E-state index contributed by atoms with van der Waals surface area (Å²) in [5.74, 6) is -0.370. The third kappa shape index (κ3) is 3.62. The van der Waals surface area contributed by atoms with Gasteiger partial charge in [-0.15, -0.1) is 0 Å². The predicted molar refractivity (Wildman–Crippen MR) is 57.0 cm³/mol. The Morgan fingerprint density at radius 3 is 2.79 bits per heavy atom. The first kappa shape index (κ1) is 11.4. The van der Waals surface area contributed by atoms with E-state index in [-0.39, 0.29) is 10.8 Å². The van der Waals surface area contributed by atoms with E-state index in [0.717, 1.165) is 25.1 Å². The van der Waals surface area contributed by atoms with Crippen molar-refractivity contribution in [2.24, 2.45) is 5.73 Å². The van der Waals surface area contributed by atoms with E-state index in [1.165, 1.54) is 6.07 Å². The van der Waals surface area contributed by atoms with Crippen LogP contribution in [0.4, 0.5) is 4.39 Å². The highest BCUT2D eigenvalue weighted by molar-refractivity contribution is 6.30. The van der Waals surface area contributed by atoms with E-state index < -0.39 is 0 Å². The van der Waals surface area contributed by atoms with Crippen LogP contribution in [0.2, 0.25) is 5.02 Å². The van der Waals surface area contributed by atoms with Gasteiger partial charge in [0.1, 0.15) is 5.82 Å². The molecule has 0 saturated carbocycles. The summed E-state index contributed by atoms with van der Waals surface area (Å²) in [5, 5.41) is 3.34. The molecule has 2 nitrogen and oxygen atoms in total. The van der Waals surface area contributed by atoms with Crippen molar-refractivity contribution in [1.82, 2.24) is 5.32 Å². The van der Waals surface area contributed by atoms with Crippen molar-refractivity contribution >= 4 is 11.6 Å². The molecule has 0 unspecified atom stereocenters. The number of hydrogen-bond acceptors (Lipinski definition) is 2. The third-order valence-electron chi connectivity index (χ3n) is 1.90. The first-order valence-corrected chi connectivity index (χ1v) is 4.96. The van der Waals surface area contributed by atoms with Gasteiger partial charge in [0.15, 0.2) is 0 Å². The number of benzene rings is 1. The summed E-state index contributed by atoms with van der Waals surface area (Å²) in [7, 11) is 0. The normalized spacial score (nSPS) is 10.5. The molecular weight excluding hydrogens is 203 g/mol. The zero-order chi connectivity index (χ0) is 10.4.